The van der Waals surface area contributed by atoms with Gasteiger partial charge >= 0.3 is 5.97 Å². The van der Waals surface area contributed by atoms with Gasteiger partial charge in [0.15, 0.2) is 0 Å². The number of pyridine rings is 1. The van der Waals surface area contributed by atoms with Crippen molar-refractivity contribution in [1.29, 1.82) is 0 Å². The number of aromatic carboxylic acids is 1. The standard InChI is InChI=1S/C14H22N2O2/c1-4-5-6-7-10(2)15-13-9-8-12(14(17)18)11(3)16-13/h8-10H,4-7H2,1-3H3,(H,15,16)(H,17,18). The fraction of sp³-hybridized carbons (Fsp3) is 0.571. The highest BCUT2D eigenvalue weighted by Crippen LogP contribution is 2.13. The first-order valence-corrected chi connectivity index (χ1v) is 6.52. The first-order chi connectivity index (χ1) is 8.54. The molecule has 0 bridgehead atoms. The van der Waals surface area contributed by atoms with Gasteiger partial charge in [-0.05, 0) is 32.4 Å². The predicted molar refractivity (Wildman–Crippen MR) is 73.2 cm³/mol. The molecule has 0 saturated heterocycles. The molecule has 2 N–H and O–H groups in total. The molecule has 18 heavy (non-hydrogen) atoms. The fourth-order valence-corrected chi connectivity index (χ4v) is 1.89. The van der Waals surface area contributed by atoms with Crippen molar-refractivity contribution in [2.24, 2.45) is 0 Å². The van der Waals surface area contributed by atoms with E-state index in [1.165, 1.54) is 19.3 Å². The lowest BCUT2D eigenvalue weighted by molar-refractivity contribution is 0.0695. The Balaban J connectivity index is 2.57. The van der Waals surface area contributed by atoms with Gasteiger partial charge in [0, 0.05) is 6.04 Å². The number of nitrogens with one attached hydrogen (secondary N) is 1. The van der Waals surface area contributed by atoms with Gasteiger partial charge in [0.05, 0.1) is 11.3 Å². The number of aryl methyl sites for hydroxylation is 1. The number of nitrogens with zero attached hydrogens (tertiary/aromatic N) is 1. The summed E-state index contributed by atoms with van der Waals surface area (Å²) in [5.74, 6) is -0.177. The first-order valence-electron chi connectivity index (χ1n) is 6.52. The SMILES string of the molecule is CCCCCC(C)Nc1ccc(C(=O)O)c(C)n1. The van der Waals surface area contributed by atoms with Crippen LogP contribution >= 0.6 is 0 Å². The Morgan fingerprint density at radius 1 is 1.44 bits per heavy atom. The van der Waals surface area contributed by atoms with Gasteiger partial charge < -0.3 is 10.4 Å². The third-order valence-corrected chi connectivity index (χ3v) is 2.95. The fourth-order valence-electron chi connectivity index (χ4n) is 1.89. The lowest BCUT2D eigenvalue weighted by Crippen LogP contribution is -2.16. The Hall–Kier alpha value is -1.58. The molecular weight excluding hydrogens is 228 g/mol. The average molecular weight is 250 g/mol. The number of hydrogen-bond acceptors (Lipinski definition) is 3. The summed E-state index contributed by atoms with van der Waals surface area (Å²) in [6.45, 7) is 6.03. The number of aromatic nitrogens is 1. The number of anilines is 1. The molecule has 1 unspecified atom stereocenters. The number of carboxylic acid groups (broad SMARTS) is 1. The van der Waals surface area contributed by atoms with Crippen molar-refractivity contribution in [2.45, 2.75) is 52.5 Å². The predicted octanol–water partition coefficient (Wildman–Crippen LogP) is 3.47. The van der Waals surface area contributed by atoms with Crippen LogP contribution in [0.5, 0.6) is 0 Å². The second-order valence-corrected chi connectivity index (χ2v) is 4.68. The van der Waals surface area contributed by atoms with Gasteiger partial charge in [0.25, 0.3) is 0 Å². The molecule has 1 aromatic heterocycles. The monoisotopic (exact) mass is 250 g/mol. The van der Waals surface area contributed by atoms with Crippen LogP contribution in [-0.4, -0.2) is 22.1 Å². The van der Waals surface area contributed by atoms with Gasteiger partial charge in [-0.2, -0.15) is 0 Å². The minimum Gasteiger partial charge on any atom is -0.478 e. The summed E-state index contributed by atoms with van der Waals surface area (Å²) in [5, 5.41) is 12.2. The summed E-state index contributed by atoms with van der Waals surface area (Å²) in [4.78, 5) is 15.1. The molecule has 1 heterocycles. The Labute approximate surface area is 108 Å². The molecule has 0 fully saturated rings. The molecule has 0 saturated carbocycles. The second-order valence-electron chi connectivity index (χ2n) is 4.68. The molecule has 1 rings (SSSR count). The van der Waals surface area contributed by atoms with Crippen molar-refractivity contribution in [3.8, 4) is 0 Å². The smallest absolute Gasteiger partial charge is 0.337 e. The normalized spacial score (nSPS) is 12.2. The van der Waals surface area contributed by atoms with E-state index in [4.69, 9.17) is 5.11 Å². The van der Waals surface area contributed by atoms with E-state index >= 15 is 0 Å². The van der Waals surface area contributed by atoms with Crippen LogP contribution in [0.2, 0.25) is 0 Å². The van der Waals surface area contributed by atoms with Crippen molar-refractivity contribution < 1.29 is 9.90 Å². The lowest BCUT2D eigenvalue weighted by atomic mass is 10.1. The Kier molecular flexibility index (Phi) is 5.62. The zero-order chi connectivity index (χ0) is 13.5. The molecule has 0 aliphatic carbocycles. The molecule has 4 nitrogen and oxygen atoms in total. The first kappa shape index (κ1) is 14.5. The second kappa shape index (κ2) is 6.99. The van der Waals surface area contributed by atoms with Crippen LogP contribution in [0.25, 0.3) is 0 Å². The van der Waals surface area contributed by atoms with E-state index in [9.17, 15) is 4.79 Å². The van der Waals surface area contributed by atoms with Crippen LogP contribution in [-0.2, 0) is 0 Å². The van der Waals surface area contributed by atoms with Gasteiger partial charge in [-0.3, -0.25) is 0 Å². The maximum atomic E-state index is 10.9. The van der Waals surface area contributed by atoms with Crippen LogP contribution in [0.1, 0.15) is 55.6 Å². The van der Waals surface area contributed by atoms with E-state index < -0.39 is 5.97 Å². The van der Waals surface area contributed by atoms with Crippen LogP contribution in [0.3, 0.4) is 0 Å². The molecule has 0 amide bonds. The molecule has 4 heteroatoms. The van der Waals surface area contributed by atoms with E-state index in [2.05, 4.69) is 24.1 Å². The summed E-state index contributed by atoms with van der Waals surface area (Å²) >= 11 is 0. The maximum absolute atomic E-state index is 10.9. The highest BCUT2D eigenvalue weighted by molar-refractivity contribution is 5.89. The number of carboxylic acids is 1. The number of hydrogen-bond donors (Lipinski definition) is 2. The van der Waals surface area contributed by atoms with E-state index in [1.807, 2.05) is 0 Å². The van der Waals surface area contributed by atoms with Crippen LogP contribution in [0.15, 0.2) is 12.1 Å². The van der Waals surface area contributed by atoms with E-state index in [0.29, 0.717) is 11.7 Å². The van der Waals surface area contributed by atoms with Gasteiger partial charge in [-0.1, -0.05) is 26.2 Å². The zero-order valence-corrected chi connectivity index (χ0v) is 11.4. The van der Waals surface area contributed by atoms with Crippen LogP contribution < -0.4 is 5.32 Å². The number of rotatable bonds is 7. The van der Waals surface area contributed by atoms with Crippen molar-refractivity contribution in [3.05, 3.63) is 23.4 Å². The zero-order valence-electron chi connectivity index (χ0n) is 11.4. The van der Waals surface area contributed by atoms with Crippen LogP contribution in [0, 0.1) is 6.92 Å². The molecule has 0 aliphatic rings. The Bertz CT molecular complexity index is 405. The molecule has 0 radical (unpaired) electrons. The lowest BCUT2D eigenvalue weighted by Gasteiger charge is -2.15. The third-order valence-electron chi connectivity index (χ3n) is 2.95. The van der Waals surface area contributed by atoms with Gasteiger partial charge in [-0.15, -0.1) is 0 Å². The quantitative estimate of drug-likeness (QED) is 0.727. The van der Waals surface area contributed by atoms with Gasteiger partial charge in [-0.25, -0.2) is 9.78 Å². The van der Waals surface area contributed by atoms with Crippen molar-refractivity contribution >= 4 is 11.8 Å². The summed E-state index contributed by atoms with van der Waals surface area (Å²) in [7, 11) is 0. The van der Waals surface area contributed by atoms with Crippen molar-refractivity contribution in [2.75, 3.05) is 5.32 Å². The van der Waals surface area contributed by atoms with Crippen molar-refractivity contribution in [3.63, 3.8) is 0 Å². The largest absolute Gasteiger partial charge is 0.478 e. The topological polar surface area (TPSA) is 62.2 Å². The third kappa shape index (κ3) is 4.35. The van der Waals surface area contributed by atoms with Crippen LogP contribution in [0.4, 0.5) is 5.82 Å². The van der Waals surface area contributed by atoms with E-state index in [-0.39, 0.29) is 5.56 Å². The summed E-state index contributed by atoms with van der Waals surface area (Å²) in [6.07, 6.45) is 4.78. The molecule has 0 aliphatic heterocycles. The molecule has 1 atom stereocenters. The summed E-state index contributed by atoms with van der Waals surface area (Å²) in [5.41, 5.74) is 0.812. The maximum Gasteiger partial charge on any atom is 0.337 e. The average Bonchev–Trinajstić information content (AvgIpc) is 2.28. The van der Waals surface area contributed by atoms with E-state index in [0.717, 1.165) is 12.2 Å². The number of unbranched alkanes of at least 4 members (excludes halogenated alkanes) is 2. The minimum atomic E-state index is -0.928. The van der Waals surface area contributed by atoms with Crippen molar-refractivity contribution in [1.82, 2.24) is 4.98 Å². The summed E-state index contributed by atoms with van der Waals surface area (Å²) < 4.78 is 0. The minimum absolute atomic E-state index is 0.263. The molecule has 0 spiro atoms. The molecule has 100 valence electrons. The van der Waals surface area contributed by atoms with Gasteiger partial charge in [0.1, 0.15) is 5.82 Å². The molecular formula is C14H22N2O2. The highest BCUT2D eigenvalue weighted by Gasteiger charge is 2.09. The van der Waals surface area contributed by atoms with E-state index in [1.54, 1.807) is 19.1 Å². The Morgan fingerprint density at radius 3 is 2.72 bits per heavy atom. The van der Waals surface area contributed by atoms with Gasteiger partial charge in [0.2, 0.25) is 0 Å². The number of carbonyl (C=O) groups is 1. The molecule has 0 aromatic carbocycles. The Morgan fingerprint density at radius 2 is 2.17 bits per heavy atom. The molecule has 1 aromatic rings. The summed E-state index contributed by atoms with van der Waals surface area (Å²) in [6, 6.07) is 3.69. The highest BCUT2D eigenvalue weighted by atomic mass is 16.4.